The van der Waals surface area contributed by atoms with Gasteiger partial charge in [-0.1, -0.05) is 41.9 Å². The summed E-state index contributed by atoms with van der Waals surface area (Å²) in [5.41, 5.74) is 1.56. The second-order valence-corrected chi connectivity index (χ2v) is 7.92. The fraction of sp³-hybridized carbons (Fsp3) is 0.273. The molecule has 1 saturated heterocycles. The molecule has 3 amide bonds. The van der Waals surface area contributed by atoms with Crippen LogP contribution in [0.25, 0.3) is 0 Å². The van der Waals surface area contributed by atoms with Crippen molar-refractivity contribution in [2.45, 2.75) is 12.5 Å². The van der Waals surface area contributed by atoms with Gasteiger partial charge < -0.3 is 19.9 Å². The summed E-state index contributed by atoms with van der Waals surface area (Å²) in [7, 11) is 1.78. The molecule has 1 aliphatic heterocycles. The molecule has 30 heavy (non-hydrogen) atoms. The summed E-state index contributed by atoms with van der Waals surface area (Å²) in [5.74, 6) is 0.248. The van der Waals surface area contributed by atoms with Crippen LogP contribution in [0.4, 0.5) is 4.79 Å². The zero-order chi connectivity index (χ0) is 21.7. The van der Waals surface area contributed by atoms with Crippen LogP contribution in [0.2, 0.25) is 10.0 Å². The van der Waals surface area contributed by atoms with Crippen LogP contribution >= 0.6 is 23.2 Å². The number of carbonyl (C=O) groups is 2. The molecular formula is C22H23Cl2N3O3. The van der Waals surface area contributed by atoms with Crippen LogP contribution in [-0.4, -0.2) is 48.5 Å². The Morgan fingerprint density at radius 3 is 2.37 bits per heavy atom. The van der Waals surface area contributed by atoms with E-state index < -0.39 is 0 Å². The third kappa shape index (κ3) is 5.68. The highest BCUT2D eigenvalue weighted by atomic mass is 35.5. The molecule has 158 valence electrons. The molecule has 1 aliphatic rings. The number of urea groups is 1. The van der Waals surface area contributed by atoms with Crippen molar-refractivity contribution >= 4 is 35.1 Å². The van der Waals surface area contributed by atoms with Gasteiger partial charge in [-0.2, -0.15) is 0 Å². The molecule has 0 aromatic heterocycles. The van der Waals surface area contributed by atoms with Crippen LogP contribution in [0.3, 0.4) is 0 Å². The Morgan fingerprint density at radius 1 is 1.13 bits per heavy atom. The second-order valence-electron chi connectivity index (χ2n) is 7.05. The van der Waals surface area contributed by atoms with Gasteiger partial charge in [0, 0.05) is 42.3 Å². The van der Waals surface area contributed by atoms with E-state index >= 15 is 0 Å². The van der Waals surface area contributed by atoms with E-state index in [-0.39, 0.29) is 24.6 Å². The highest BCUT2D eigenvalue weighted by Gasteiger charge is 2.35. The Morgan fingerprint density at radius 2 is 1.73 bits per heavy atom. The third-order valence-corrected chi connectivity index (χ3v) is 5.38. The molecule has 1 fully saturated rings. The zero-order valence-corrected chi connectivity index (χ0v) is 18.1. The Hall–Kier alpha value is -2.70. The molecule has 1 heterocycles. The van der Waals surface area contributed by atoms with E-state index in [4.69, 9.17) is 27.9 Å². The van der Waals surface area contributed by atoms with E-state index in [0.717, 1.165) is 5.56 Å². The van der Waals surface area contributed by atoms with E-state index in [1.54, 1.807) is 41.1 Å². The summed E-state index contributed by atoms with van der Waals surface area (Å²) in [5, 5.41) is 3.97. The first kappa shape index (κ1) is 22.0. The number of nitrogens with zero attached hydrogens (tertiary/aromatic N) is 2. The van der Waals surface area contributed by atoms with Crippen molar-refractivity contribution in [1.82, 2.24) is 15.1 Å². The summed E-state index contributed by atoms with van der Waals surface area (Å²) < 4.78 is 5.41. The molecule has 0 radical (unpaired) electrons. The minimum absolute atomic E-state index is 0.0367. The molecule has 0 aliphatic carbocycles. The summed E-state index contributed by atoms with van der Waals surface area (Å²) in [6.45, 7) is 4.78. The largest absolute Gasteiger partial charge is 0.484 e. The lowest BCUT2D eigenvalue weighted by Gasteiger charge is -2.18. The number of likely N-dealkylation sites (N-methyl/N-ethyl adjacent to an activating group) is 1. The lowest BCUT2D eigenvalue weighted by atomic mass is 10.1. The fourth-order valence-corrected chi connectivity index (χ4v) is 3.46. The molecule has 6 nitrogen and oxygen atoms in total. The van der Waals surface area contributed by atoms with Gasteiger partial charge in [0.2, 0.25) is 0 Å². The number of hydrogen-bond donors (Lipinski definition) is 1. The number of nitrogens with one attached hydrogen (secondary N) is 1. The van der Waals surface area contributed by atoms with Crippen molar-refractivity contribution in [3.8, 4) is 5.75 Å². The molecule has 1 atom stereocenters. The van der Waals surface area contributed by atoms with Crippen LogP contribution in [0, 0.1) is 0 Å². The summed E-state index contributed by atoms with van der Waals surface area (Å²) in [6.07, 6.45) is 0.458. The van der Waals surface area contributed by atoms with Gasteiger partial charge in [0.05, 0.1) is 6.04 Å². The quantitative estimate of drug-likeness (QED) is 0.647. The van der Waals surface area contributed by atoms with Crippen molar-refractivity contribution in [2.24, 2.45) is 0 Å². The molecule has 1 N–H and O–H groups in total. The summed E-state index contributed by atoms with van der Waals surface area (Å²) >= 11 is 11.8. The third-order valence-electron chi connectivity index (χ3n) is 4.87. The van der Waals surface area contributed by atoms with Gasteiger partial charge in [0.25, 0.3) is 5.91 Å². The average Bonchev–Trinajstić information content (AvgIpc) is 3.01. The van der Waals surface area contributed by atoms with Crippen molar-refractivity contribution < 1.29 is 14.3 Å². The first-order chi connectivity index (χ1) is 14.3. The minimum atomic E-state index is -0.307. The van der Waals surface area contributed by atoms with Gasteiger partial charge in [-0.25, -0.2) is 4.79 Å². The number of rotatable bonds is 8. The predicted octanol–water partition coefficient (Wildman–Crippen LogP) is 4.50. The molecule has 0 saturated carbocycles. The Labute approximate surface area is 186 Å². The minimum Gasteiger partial charge on any atom is -0.484 e. The normalized spacial score (nSPS) is 16.0. The van der Waals surface area contributed by atoms with Crippen LogP contribution in [0.1, 0.15) is 18.0 Å². The van der Waals surface area contributed by atoms with Crippen LogP contribution < -0.4 is 10.1 Å². The average molecular weight is 448 g/mol. The molecule has 8 heteroatoms. The molecule has 2 aromatic carbocycles. The topological polar surface area (TPSA) is 61.9 Å². The highest BCUT2D eigenvalue weighted by Crippen LogP contribution is 2.29. The first-order valence-electron chi connectivity index (χ1n) is 9.46. The zero-order valence-electron chi connectivity index (χ0n) is 16.6. The smallest absolute Gasteiger partial charge is 0.320 e. The van der Waals surface area contributed by atoms with Gasteiger partial charge in [-0.3, -0.25) is 4.79 Å². The summed E-state index contributed by atoms with van der Waals surface area (Å²) in [4.78, 5) is 28.1. The van der Waals surface area contributed by atoms with Crippen molar-refractivity contribution in [2.75, 3.05) is 26.7 Å². The van der Waals surface area contributed by atoms with Gasteiger partial charge >= 0.3 is 6.03 Å². The van der Waals surface area contributed by atoms with Crippen molar-refractivity contribution in [3.05, 3.63) is 76.4 Å². The maximum Gasteiger partial charge on any atom is 0.320 e. The van der Waals surface area contributed by atoms with E-state index in [2.05, 4.69) is 11.9 Å². The SMILES string of the molecule is C=C(CCN1C[C@H](c2ccc(Cl)cc2)N(C)C1=O)NC(=O)COc1ccc(Cl)cc1. The van der Waals surface area contributed by atoms with Crippen LogP contribution in [-0.2, 0) is 4.79 Å². The Kier molecular flexibility index (Phi) is 7.24. The predicted molar refractivity (Wildman–Crippen MR) is 118 cm³/mol. The molecule has 0 bridgehead atoms. The van der Waals surface area contributed by atoms with Gasteiger partial charge in [0.1, 0.15) is 5.75 Å². The molecule has 3 rings (SSSR count). The van der Waals surface area contributed by atoms with Gasteiger partial charge in [0.15, 0.2) is 6.61 Å². The first-order valence-corrected chi connectivity index (χ1v) is 10.2. The molecular weight excluding hydrogens is 425 g/mol. The van der Waals surface area contributed by atoms with Crippen LogP contribution in [0.5, 0.6) is 5.75 Å². The second kappa shape index (κ2) is 9.87. The van der Waals surface area contributed by atoms with Crippen molar-refractivity contribution in [3.63, 3.8) is 0 Å². The van der Waals surface area contributed by atoms with E-state index in [9.17, 15) is 9.59 Å². The number of halogens is 2. The van der Waals surface area contributed by atoms with E-state index in [1.165, 1.54) is 0 Å². The van der Waals surface area contributed by atoms with Gasteiger partial charge in [-0.05, 0) is 42.0 Å². The maximum absolute atomic E-state index is 12.6. The highest BCUT2D eigenvalue weighted by molar-refractivity contribution is 6.30. The monoisotopic (exact) mass is 447 g/mol. The lowest BCUT2D eigenvalue weighted by molar-refractivity contribution is -0.122. The maximum atomic E-state index is 12.6. The number of carbonyl (C=O) groups excluding carboxylic acids is 2. The molecule has 0 spiro atoms. The Bertz CT molecular complexity index is 916. The summed E-state index contributed by atoms with van der Waals surface area (Å²) in [6, 6.07) is 14.2. The number of hydrogen-bond acceptors (Lipinski definition) is 3. The molecule has 0 unspecified atom stereocenters. The lowest BCUT2D eigenvalue weighted by Crippen LogP contribution is -2.33. The van der Waals surface area contributed by atoms with Gasteiger partial charge in [-0.15, -0.1) is 0 Å². The fourth-order valence-electron chi connectivity index (χ4n) is 3.21. The standard InChI is InChI=1S/C22H23Cl2N3O3/c1-15(25-21(28)14-30-19-9-7-18(24)8-10-19)11-12-27-13-20(26(2)22(27)29)16-3-5-17(23)6-4-16/h3-10,20H,1,11-14H2,2H3,(H,25,28)/t20-/m1/s1. The molecule has 2 aromatic rings. The van der Waals surface area contributed by atoms with Crippen LogP contribution in [0.15, 0.2) is 60.8 Å². The number of ether oxygens (including phenoxy) is 1. The Balaban J connectivity index is 1.44. The van der Waals surface area contributed by atoms with E-state index in [0.29, 0.717) is 41.0 Å². The van der Waals surface area contributed by atoms with Crippen molar-refractivity contribution in [1.29, 1.82) is 0 Å². The number of benzene rings is 2. The van der Waals surface area contributed by atoms with E-state index in [1.807, 2.05) is 24.3 Å². The number of amides is 3.